The summed E-state index contributed by atoms with van der Waals surface area (Å²) >= 11 is 0. The molecule has 0 saturated carbocycles. The summed E-state index contributed by atoms with van der Waals surface area (Å²) in [5, 5.41) is 0. The fourth-order valence-electron chi connectivity index (χ4n) is 2.81. The van der Waals surface area contributed by atoms with Crippen molar-refractivity contribution < 1.29 is 14.3 Å². The van der Waals surface area contributed by atoms with Crippen molar-refractivity contribution in [3.63, 3.8) is 0 Å². The van der Waals surface area contributed by atoms with Gasteiger partial charge in [-0.15, -0.1) is 0 Å². The van der Waals surface area contributed by atoms with Crippen LogP contribution in [-0.4, -0.2) is 13.1 Å². The molecule has 0 fully saturated rings. The molecule has 0 saturated heterocycles. The van der Waals surface area contributed by atoms with Crippen molar-refractivity contribution >= 4 is 5.97 Å². The van der Waals surface area contributed by atoms with E-state index in [1.807, 2.05) is 56.3 Å². The van der Waals surface area contributed by atoms with Crippen LogP contribution in [0.15, 0.2) is 42.5 Å². The molecule has 108 valence electrons. The number of hydrogen-bond donors (Lipinski definition) is 0. The summed E-state index contributed by atoms with van der Waals surface area (Å²) in [5.41, 5.74) is 4.21. The summed E-state index contributed by atoms with van der Waals surface area (Å²) in [4.78, 5) is 12.3. The van der Waals surface area contributed by atoms with E-state index in [1.54, 1.807) is 0 Å². The fraction of sp³-hybridized carbons (Fsp3) is 0.278. The molecule has 0 amide bonds. The molecule has 0 radical (unpaired) electrons. The average molecular weight is 282 g/mol. The normalized spacial score (nSPS) is 19.8. The highest BCUT2D eigenvalue weighted by Crippen LogP contribution is 2.47. The Hall–Kier alpha value is -2.29. The Labute approximate surface area is 124 Å². The van der Waals surface area contributed by atoms with Crippen LogP contribution in [0.5, 0.6) is 5.75 Å². The molecule has 0 unspecified atom stereocenters. The van der Waals surface area contributed by atoms with Gasteiger partial charge in [0.05, 0.1) is 7.11 Å². The second kappa shape index (κ2) is 5.24. The molecule has 0 aromatic heterocycles. The van der Waals surface area contributed by atoms with Crippen molar-refractivity contribution in [2.75, 3.05) is 7.11 Å². The minimum absolute atomic E-state index is 0.258. The van der Waals surface area contributed by atoms with Gasteiger partial charge in [0.1, 0.15) is 17.8 Å². The van der Waals surface area contributed by atoms with E-state index in [9.17, 15) is 4.79 Å². The highest BCUT2D eigenvalue weighted by Gasteiger charge is 2.41. The van der Waals surface area contributed by atoms with Crippen LogP contribution in [0, 0.1) is 13.8 Å². The van der Waals surface area contributed by atoms with Crippen LogP contribution < -0.4 is 4.74 Å². The molecule has 2 aromatic rings. The first-order chi connectivity index (χ1) is 10.1. The molecule has 1 aliphatic heterocycles. The molecule has 0 spiro atoms. The number of hydrogen-bond acceptors (Lipinski definition) is 3. The molecule has 0 bridgehead atoms. The van der Waals surface area contributed by atoms with E-state index < -0.39 is 5.92 Å². The Balaban J connectivity index is 2.10. The van der Waals surface area contributed by atoms with Gasteiger partial charge in [0.25, 0.3) is 0 Å². The standard InChI is InChI=1S/C18H18O3/c1-11-9-14-15(10-12(11)2)21-17(16(14)18(19)20-3)13-7-5-4-6-8-13/h4-10,16-17H,1-3H3/t16-,17+/m0/s1. The fourth-order valence-corrected chi connectivity index (χ4v) is 2.81. The molecular weight excluding hydrogens is 264 g/mol. The zero-order valence-electron chi connectivity index (χ0n) is 12.4. The number of aryl methyl sites for hydroxylation is 2. The lowest BCUT2D eigenvalue weighted by Crippen LogP contribution is -2.20. The first-order valence-electron chi connectivity index (χ1n) is 7.02. The summed E-state index contributed by atoms with van der Waals surface area (Å²) in [6.45, 7) is 4.09. The quantitative estimate of drug-likeness (QED) is 0.788. The lowest BCUT2D eigenvalue weighted by molar-refractivity contribution is -0.144. The largest absolute Gasteiger partial charge is 0.484 e. The monoisotopic (exact) mass is 282 g/mol. The number of benzene rings is 2. The zero-order valence-corrected chi connectivity index (χ0v) is 12.4. The highest BCUT2D eigenvalue weighted by molar-refractivity contribution is 5.81. The second-order valence-corrected chi connectivity index (χ2v) is 5.42. The van der Waals surface area contributed by atoms with Gasteiger partial charge in [-0.2, -0.15) is 0 Å². The van der Waals surface area contributed by atoms with Crippen LogP contribution in [0.4, 0.5) is 0 Å². The van der Waals surface area contributed by atoms with Gasteiger partial charge < -0.3 is 9.47 Å². The number of carbonyl (C=O) groups is 1. The molecule has 2 atom stereocenters. The highest BCUT2D eigenvalue weighted by atomic mass is 16.5. The topological polar surface area (TPSA) is 35.5 Å². The van der Waals surface area contributed by atoms with E-state index in [0.717, 1.165) is 28.0 Å². The van der Waals surface area contributed by atoms with Crippen LogP contribution in [0.3, 0.4) is 0 Å². The maximum Gasteiger partial charge on any atom is 0.317 e. The first-order valence-corrected chi connectivity index (χ1v) is 7.02. The molecule has 3 rings (SSSR count). The molecule has 3 nitrogen and oxygen atoms in total. The zero-order chi connectivity index (χ0) is 15.0. The smallest absolute Gasteiger partial charge is 0.317 e. The van der Waals surface area contributed by atoms with Gasteiger partial charge in [0.15, 0.2) is 0 Å². The lowest BCUT2D eigenvalue weighted by atomic mass is 9.89. The summed E-state index contributed by atoms with van der Waals surface area (Å²) in [7, 11) is 1.42. The first kappa shape index (κ1) is 13.7. The number of rotatable bonds is 2. The van der Waals surface area contributed by atoms with Crippen LogP contribution in [0.1, 0.15) is 34.3 Å². The molecule has 1 aliphatic rings. The van der Waals surface area contributed by atoms with Crippen molar-refractivity contribution in [2.45, 2.75) is 25.9 Å². The van der Waals surface area contributed by atoms with E-state index in [2.05, 4.69) is 0 Å². The van der Waals surface area contributed by atoms with Crippen LogP contribution in [0.2, 0.25) is 0 Å². The van der Waals surface area contributed by atoms with Crippen molar-refractivity contribution in [1.29, 1.82) is 0 Å². The van der Waals surface area contributed by atoms with Gasteiger partial charge in [0, 0.05) is 5.56 Å². The third-order valence-electron chi connectivity index (χ3n) is 4.10. The Bertz CT molecular complexity index is 676. The van der Waals surface area contributed by atoms with Crippen molar-refractivity contribution in [3.05, 3.63) is 64.7 Å². The van der Waals surface area contributed by atoms with Gasteiger partial charge in [-0.1, -0.05) is 36.4 Å². The molecule has 1 heterocycles. The molecule has 2 aromatic carbocycles. The van der Waals surface area contributed by atoms with Crippen molar-refractivity contribution in [3.8, 4) is 5.75 Å². The number of methoxy groups -OCH3 is 1. The van der Waals surface area contributed by atoms with E-state index in [0.29, 0.717) is 0 Å². The number of carbonyl (C=O) groups excluding carboxylic acids is 1. The van der Waals surface area contributed by atoms with Crippen LogP contribution >= 0.6 is 0 Å². The molecule has 21 heavy (non-hydrogen) atoms. The third-order valence-corrected chi connectivity index (χ3v) is 4.10. The van der Waals surface area contributed by atoms with Crippen LogP contribution in [-0.2, 0) is 9.53 Å². The Kier molecular flexibility index (Phi) is 3.42. The number of fused-ring (bicyclic) bond motifs is 1. The van der Waals surface area contributed by atoms with Crippen molar-refractivity contribution in [2.24, 2.45) is 0 Å². The van der Waals surface area contributed by atoms with Gasteiger partial charge in [0.2, 0.25) is 0 Å². The average Bonchev–Trinajstić information content (AvgIpc) is 2.86. The van der Waals surface area contributed by atoms with Crippen molar-refractivity contribution in [1.82, 2.24) is 0 Å². The second-order valence-electron chi connectivity index (χ2n) is 5.42. The molecular formula is C18H18O3. The summed E-state index contributed by atoms with van der Waals surface area (Å²) in [5.74, 6) is 0.111. The van der Waals surface area contributed by atoms with Gasteiger partial charge >= 0.3 is 5.97 Å². The SMILES string of the molecule is COC(=O)[C@H]1c2cc(C)c(C)cc2O[C@@H]1c1ccccc1. The maximum atomic E-state index is 12.3. The summed E-state index contributed by atoms with van der Waals surface area (Å²) in [6, 6.07) is 13.9. The summed E-state index contributed by atoms with van der Waals surface area (Å²) in [6.07, 6.45) is -0.324. The van der Waals surface area contributed by atoms with E-state index in [-0.39, 0.29) is 12.1 Å². The Morgan fingerprint density at radius 2 is 1.76 bits per heavy atom. The molecule has 0 aliphatic carbocycles. The molecule has 0 N–H and O–H groups in total. The molecule has 3 heteroatoms. The van der Waals surface area contributed by atoms with Gasteiger partial charge in [-0.05, 0) is 36.6 Å². The van der Waals surface area contributed by atoms with E-state index >= 15 is 0 Å². The number of esters is 1. The Morgan fingerprint density at radius 3 is 2.43 bits per heavy atom. The van der Waals surface area contributed by atoms with Gasteiger partial charge in [-0.3, -0.25) is 4.79 Å². The lowest BCUT2D eigenvalue weighted by Gasteiger charge is -2.17. The maximum absolute atomic E-state index is 12.3. The number of ether oxygens (including phenoxy) is 2. The predicted octanol–water partition coefficient (Wildman–Crippen LogP) is 3.69. The van der Waals surface area contributed by atoms with E-state index in [4.69, 9.17) is 9.47 Å². The predicted molar refractivity (Wildman–Crippen MR) is 80.5 cm³/mol. The van der Waals surface area contributed by atoms with E-state index in [1.165, 1.54) is 7.11 Å². The third kappa shape index (κ3) is 2.29. The van der Waals surface area contributed by atoms with Crippen LogP contribution in [0.25, 0.3) is 0 Å². The summed E-state index contributed by atoms with van der Waals surface area (Å²) < 4.78 is 11.1. The minimum atomic E-state index is -0.410. The van der Waals surface area contributed by atoms with Gasteiger partial charge in [-0.25, -0.2) is 0 Å². The minimum Gasteiger partial charge on any atom is -0.484 e. The Morgan fingerprint density at radius 1 is 1.10 bits per heavy atom.